The second-order valence-electron chi connectivity index (χ2n) is 7.33. The van der Waals surface area contributed by atoms with Crippen LogP contribution in [0.15, 0.2) is 9.70 Å². The van der Waals surface area contributed by atoms with E-state index >= 15 is 0 Å². The molecule has 1 atom stereocenters. The Labute approximate surface area is 174 Å². The van der Waals surface area contributed by atoms with Crippen molar-refractivity contribution < 1.29 is 4.79 Å². The van der Waals surface area contributed by atoms with Gasteiger partial charge in [0.25, 0.3) is 11.5 Å². The molecule has 2 fully saturated rings. The summed E-state index contributed by atoms with van der Waals surface area (Å²) in [5.74, 6) is 1.17. The standard InChI is InChI=1S/C20H24N4O2S2/c1-5-24-17(23-8-6-7-12(2)11-23)14(13(3)15(10-21)18(24)25)9-16-19(26)22(4)20(27)28-16/h9,12H,5-8,11H2,1-4H3/b16-9-. The molecule has 1 aromatic heterocycles. The molecule has 1 amide bonds. The molecule has 0 saturated carbocycles. The number of amides is 1. The number of nitriles is 1. The predicted molar refractivity (Wildman–Crippen MR) is 117 cm³/mol. The lowest BCUT2D eigenvalue weighted by molar-refractivity contribution is -0.121. The number of rotatable bonds is 3. The zero-order chi connectivity index (χ0) is 20.6. The molecule has 0 aromatic carbocycles. The van der Waals surface area contributed by atoms with Crippen molar-refractivity contribution in [2.24, 2.45) is 5.92 Å². The van der Waals surface area contributed by atoms with Crippen LogP contribution in [0.3, 0.4) is 0 Å². The molecule has 2 aliphatic rings. The SMILES string of the molecule is CCn1c(N2CCCC(C)C2)c(/C=C2\SC(=S)N(C)C2=O)c(C)c(C#N)c1=O. The lowest BCUT2D eigenvalue weighted by Crippen LogP contribution is -2.40. The van der Waals surface area contributed by atoms with Gasteiger partial charge in [-0.25, -0.2) is 0 Å². The molecule has 0 spiro atoms. The van der Waals surface area contributed by atoms with Gasteiger partial charge in [0.15, 0.2) is 0 Å². The number of piperidine rings is 1. The molecular weight excluding hydrogens is 392 g/mol. The fourth-order valence-corrected chi connectivity index (χ4v) is 5.00. The molecule has 0 bridgehead atoms. The van der Waals surface area contributed by atoms with Crippen molar-refractivity contribution in [2.45, 2.75) is 40.2 Å². The number of aromatic nitrogens is 1. The minimum atomic E-state index is -0.268. The smallest absolute Gasteiger partial charge is 0.270 e. The monoisotopic (exact) mass is 416 g/mol. The predicted octanol–water partition coefficient (Wildman–Crippen LogP) is 3.12. The van der Waals surface area contributed by atoms with Crippen LogP contribution in [0.5, 0.6) is 0 Å². The highest BCUT2D eigenvalue weighted by Gasteiger charge is 2.31. The van der Waals surface area contributed by atoms with Crippen molar-refractivity contribution >= 4 is 46.1 Å². The molecule has 28 heavy (non-hydrogen) atoms. The maximum Gasteiger partial charge on any atom is 0.270 e. The van der Waals surface area contributed by atoms with Gasteiger partial charge in [-0.05, 0) is 44.2 Å². The van der Waals surface area contributed by atoms with Crippen LogP contribution in [0, 0.1) is 24.2 Å². The van der Waals surface area contributed by atoms with E-state index in [4.69, 9.17) is 12.2 Å². The summed E-state index contributed by atoms with van der Waals surface area (Å²) in [6, 6.07) is 2.06. The van der Waals surface area contributed by atoms with Gasteiger partial charge < -0.3 is 4.90 Å². The van der Waals surface area contributed by atoms with Gasteiger partial charge >= 0.3 is 0 Å². The first-order valence-electron chi connectivity index (χ1n) is 9.44. The van der Waals surface area contributed by atoms with Gasteiger partial charge in [-0.3, -0.25) is 19.1 Å². The van der Waals surface area contributed by atoms with E-state index in [9.17, 15) is 14.9 Å². The summed E-state index contributed by atoms with van der Waals surface area (Å²) >= 11 is 6.50. The highest BCUT2D eigenvalue weighted by atomic mass is 32.2. The van der Waals surface area contributed by atoms with Crippen LogP contribution in [-0.4, -0.2) is 39.8 Å². The number of carbonyl (C=O) groups excluding carboxylic acids is 1. The Bertz CT molecular complexity index is 974. The molecular formula is C20H24N4O2S2. The second-order valence-corrected chi connectivity index (χ2v) is 9.01. The summed E-state index contributed by atoms with van der Waals surface area (Å²) in [4.78, 5) is 29.7. The number of hydrogen-bond donors (Lipinski definition) is 0. The van der Waals surface area contributed by atoms with E-state index < -0.39 is 0 Å². The Balaban J connectivity index is 2.28. The number of nitrogens with zero attached hydrogens (tertiary/aromatic N) is 4. The van der Waals surface area contributed by atoms with Gasteiger partial charge in [-0.15, -0.1) is 0 Å². The number of anilines is 1. The largest absolute Gasteiger partial charge is 0.357 e. The first-order valence-corrected chi connectivity index (χ1v) is 10.7. The number of carbonyl (C=O) groups is 1. The van der Waals surface area contributed by atoms with Crippen LogP contribution >= 0.6 is 24.0 Å². The fourth-order valence-electron chi connectivity index (χ4n) is 3.84. The lowest BCUT2D eigenvalue weighted by Gasteiger charge is -2.35. The van der Waals surface area contributed by atoms with E-state index in [0.717, 1.165) is 37.3 Å². The van der Waals surface area contributed by atoms with E-state index in [1.165, 1.54) is 16.7 Å². The summed E-state index contributed by atoms with van der Waals surface area (Å²) in [7, 11) is 1.66. The Kier molecular flexibility index (Phi) is 5.96. The van der Waals surface area contributed by atoms with Crippen LogP contribution in [0.1, 0.15) is 43.4 Å². The van der Waals surface area contributed by atoms with Crippen LogP contribution < -0.4 is 10.5 Å². The molecule has 3 rings (SSSR count). The van der Waals surface area contributed by atoms with Crippen LogP contribution in [0.2, 0.25) is 0 Å². The van der Waals surface area contributed by atoms with Crippen molar-refractivity contribution in [3.8, 4) is 6.07 Å². The third-order valence-corrected chi connectivity index (χ3v) is 6.87. The van der Waals surface area contributed by atoms with E-state index in [-0.39, 0.29) is 17.0 Å². The van der Waals surface area contributed by atoms with E-state index in [1.807, 2.05) is 6.92 Å². The van der Waals surface area contributed by atoms with Crippen molar-refractivity contribution in [2.75, 3.05) is 25.0 Å². The van der Waals surface area contributed by atoms with Gasteiger partial charge in [0, 0.05) is 32.2 Å². The van der Waals surface area contributed by atoms with Gasteiger partial charge in [-0.1, -0.05) is 30.9 Å². The van der Waals surface area contributed by atoms with Crippen LogP contribution in [0.4, 0.5) is 5.82 Å². The fraction of sp³-hybridized carbons (Fsp3) is 0.500. The highest BCUT2D eigenvalue weighted by molar-refractivity contribution is 8.26. The molecule has 1 aromatic rings. The van der Waals surface area contributed by atoms with Gasteiger partial charge in [0.05, 0.1) is 4.91 Å². The zero-order valence-corrected chi connectivity index (χ0v) is 18.2. The minimum absolute atomic E-state index is 0.133. The molecule has 148 valence electrons. The Morgan fingerprint density at radius 1 is 1.39 bits per heavy atom. The average molecular weight is 417 g/mol. The molecule has 0 radical (unpaired) electrons. The molecule has 0 N–H and O–H groups in total. The van der Waals surface area contributed by atoms with Crippen molar-refractivity contribution in [1.82, 2.24) is 9.47 Å². The third-order valence-electron chi connectivity index (χ3n) is 5.38. The summed E-state index contributed by atoms with van der Waals surface area (Å²) < 4.78 is 2.17. The molecule has 6 nitrogen and oxygen atoms in total. The molecule has 1 unspecified atom stereocenters. The minimum Gasteiger partial charge on any atom is -0.357 e. The number of pyridine rings is 1. The zero-order valence-electron chi connectivity index (χ0n) is 16.6. The summed E-state index contributed by atoms with van der Waals surface area (Å²) in [5.41, 5.74) is 1.25. The summed E-state index contributed by atoms with van der Waals surface area (Å²) in [5, 5.41) is 9.59. The lowest BCUT2D eigenvalue weighted by atomic mass is 9.98. The Morgan fingerprint density at radius 2 is 2.11 bits per heavy atom. The summed E-state index contributed by atoms with van der Waals surface area (Å²) in [6.45, 7) is 8.06. The van der Waals surface area contributed by atoms with E-state index in [0.29, 0.717) is 27.3 Å². The number of thioether (sulfide) groups is 1. The number of thiocarbonyl (C=S) groups is 1. The Morgan fingerprint density at radius 3 is 2.64 bits per heavy atom. The maximum atomic E-state index is 12.9. The maximum absolute atomic E-state index is 12.9. The quantitative estimate of drug-likeness (QED) is 0.557. The summed E-state index contributed by atoms with van der Waals surface area (Å²) in [6.07, 6.45) is 4.01. The normalized spacial score (nSPS) is 21.5. The van der Waals surface area contributed by atoms with Crippen molar-refractivity contribution in [3.05, 3.63) is 31.9 Å². The third kappa shape index (κ3) is 3.49. The average Bonchev–Trinajstić information content (AvgIpc) is 2.90. The molecule has 2 saturated heterocycles. The van der Waals surface area contributed by atoms with E-state index in [1.54, 1.807) is 24.6 Å². The van der Waals surface area contributed by atoms with Crippen LogP contribution in [0.25, 0.3) is 6.08 Å². The van der Waals surface area contributed by atoms with Gasteiger partial charge in [0.1, 0.15) is 21.8 Å². The Hall–Kier alpha value is -2.11. The van der Waals surface area contributed by atoms with Gasteiger partial charge in [0.2, 0.25) is 0 Å². The topological polar surface area (TPSA) is 69.3 Å². The van der Waals surface area contributed by atoms with Crippen LogP contribution in [-0.2, 0) is 11.3 Å². The second kappa shape index (κ2) is 8.10. The van der Waals surface area contributed by atoms with Crippen molar-refractivity contribution in [3.63, 3.8) is 0 Å². The molecule has 8 heteroatoms. The van der Waals surface area contributed by atoms with Gasteiger partial charge in [-0.2, -0.15) is 5.26 Å². The first-order chi connectivity index (χ1) is 13.3. The number of hydrogen-bond acceptors (Lipinski definition) is 6. The highest BCUT2D eigenvalue weighted by Crippen LogP contribution is 2.36. The number of likely N-dealkylation sites (N-methyl/N-ethyl adjacent to an activating group) is 1. The molecule has 2 aliphatic heterocycles. The van der Waals surface area contributed by atoms with E-state index in [2.05, 4.69) is 17.9 Å². The first kappa shape index (κ1) is 20.6. The molecule has 0 aliphatic carbocycles. The molecule has 3 heterocycles. The van der Waals surface area contributed by atoms with Crippen molar-refractivity contribution in [1.29, 1.82) is 5.26 Å².